The molecule has 1 unspecified atom stereocenters. The van der Waals surface area contributed by atoms with Crippen LogP contribution in [0.5, 0.6) is 5.88 Å². The molecule has 0 saturated heterocycles. The van der Waals surface area contributed by atoms with Crippen LogP contribution in [-0.4, -0.2) is 67.3 Å². The van der Waals surface area contributed by atoms with Crippen LogP contribution in [0, 0.1) is 17.7 Å². The second-order valence-corrected chi connectivity index (χ2v) is 10.1. The van der Waals surface area contributed by atoms with Crippen molar-refractivity contribution in [1.29, 1.82) is 0 Å². The van der Waals surface area contributed by atoms with Crippen LogP contribution in [0.15, 0.2) is 54.9 Å². The third kappa shape index (κ3) is 9.24. The van der Waals surface area contributed by atoms with Crippen LogP contribution in [0.1, 0.15) is 25.8 Å². The summed E-state index contributed by atoms with van der Waals surface area (Å²) in [6.07, 6.45) is 1.50. The zero-order valence-corrected chi connectivity index (χ0v) is 23.4. The largest absolute Gasteiger partial charge is 0.469 e. The monoisotopic (exact) mass is 583 g/mol. The van der Waals surface area contributed by atoms with Crippen molar-refractivity contribution in [2.45, 2.75) is 26.5 Å². The number of nitrogens with one attached hydrogen (secondary N) is 3. The van der Waals surface area contributed by atoms with Crippen LogP contribution in [0.4, 0.5) is 21.7 Å². The number of nitrogens with zero attached hydrogens (tertiary/aromatic N) is 4. The molecular weight excluding hydrogens is 552 g/mol. The van der Waals surface area contributed by atoms with Crippen LogP contribution in [0.2, 0.25) is 0 Å². The third-order valence-corrected chi connectivity index (χ3v) is 6.39. The predicted octanol–water partition coefficient (Wildman–Crippen LogP) is 4.25. The Morgan fingerprint density at radius 1 is 1.17 bits per heavy atom. The summed E-state index contributed by atoms with van der Waals surface area (Å²) in [5, 5.41) is 13.9. The van der Waals surface area contributed by atoms with Crippen molar-refractivity contribution in [3.8, 4) is 17.7 Å². The predicted molar refractivity (Wildman–Crippen MR) is 153 cm³/mol. The summed E-state index contributed by atoms with van der Waals surface area (Å²) in [6, 6.07) is 13.7. The molecule has 0 aliphatic heterocycles. The van der Waals surface area contributed by atoms with Crippen molar-refractivity contribution in [2.24, 2.45) is 0 Å². The van der Waals surface area contributed by atoms with Gasteiger partial charge in [-0.15, -0.1) is 5.10 Å². The number of ether oxygens (including phenoxy) is 1. The molecule has 2 aromatic heterocycles. The molecule has 0 saturated carbocycles. The molecule has 216 valence electrons. The Balaban J connectivity index is 1.33. The average Bonchev–Trinajstić information content (AvgIpc) is 3.37. The second kappa shape index (κ2) is 14.0. The molecule has 2 aromatic carbocycles. The van der Waals surface area contributed by atoms with Crippen molar-refractivity contribution >= 4 is 36.0 Å². The first-order chi connectivity index (χ1) is 19.7. The van der Waals surface area contributed by atoms with Crippen molar-refractivity contribution in [3.63, 3.8) is 0 Å². The lowest BCUT2D eigenvalue weighted by Crippen LogP contribution is -2.28. The molecule has 14 heteroatoms. The number of fused-ring (bicyclic) bond motifs is 1. The summed E-state index contributed by atoms with van der Waals surface area (Å²) in [5.74, 6) is 7.33. The fourth-order valence-corrected chi connectivity index (χ4v) is 4.21. The topological polar surface area (TPSA) is 158 Å². The van der Waals surface area contributed by atoms with Gasteiger partial charge in [0, 0.05) is 36.5 Å². The number of para-hydroxylation sites is 1. The quantitative estimate of drug-likeness (QED) is 0.0871. The average molecular weight is 584 g/mol. The Morgan fingerprint density at radius 3 is 2.78 bits per heavy atom. The van der Waals surface area contributed by atoms with Crippen LogP contribution in [0.25, 0.3) is 10.9 Å². The SMILES string of the molecule is CCN(CCC#Cc1ccc2c(Nc3cc(OC(C)Nc4ccccc4F)n[nH]3)ncnc2c1)CCOP(=O)(O)O. The van der Waals surface area contributed by atoms with Gasteiger partial charge in [-0.3, -0.25) is 9.62 Å². The molecule has 0 aliphatic carbocycles. The van der Waals surface area contributed by atoms with E-state index in [1.807, 2.05) is 30.0 Å². The lowest BCUT2D eigenvalue weighted by molar-refractivity contribution is 0.165. The second-order valence-electron chi connectivity index (χ2n) is 8.89. The number of anilines is 3. The van der Waals surface area contributed by atoms with Gasteiger partial charge in [-0.2, -0.15) is 0 Å². The van der Waals surface area contributed by atoms with E-state index in [0.717, 1.165) is 10.9 Å². The minimum absolute atomic E-state index is 0.0506. The Morgan fingerprint density at radius 2 is 2.00 bits per heavy atom. The van der Waals surface area contributed by atoms with Gasteiger partial charge in [0.25, 0.3) is 0 Å². The van der Waals surface area contributed by atoms with E-state index in [1.54, 1.807) is 31.2 Å². The number of halogens is 1. The summed E-state index contributed by atoms with van der Waals surface area (Å²) in [5.41, 5.74) is 1.83. The zero-order valence-electron chi connectivity index (χ0n) is 22.5. The number of likely N-dealkylation sites (N-methyl/N-ethyl adjacent to an activating group) is 1. The number of hydrogen-bond donors (Lipinski definition) is 5. The van der Waals surface area contributed by atoms with E-state index in [-0.39, 0.29) is 12.4 Å². The van der Waals surface area contributed by atoms with Crippen LogP contribution >= 0.6 is 7.82 Å². The number of benzene rings is 2. The minimum Gasteiger partial charge on any atom is -0.453 e. The Kier molecular flexibility index (Phi) is 10.2. The number of phosphoric acid groups is 1. The van der Waals surface area contributed by atoms with Gasteiger partial charge < -0.3 is 30.1 Å². The fourth-order valence-electron chi connectivity index (χ4n) is 3.89. The van der Waals surface area contributed by atoms with Crippen molar-refractivity contribution in [3.05, 3.63) is 66.2 Å². The molecule has 1 atom stereocenters. The molecule has 0 spiro atoms. The van der Waals surface area contributed by atoms with Gasteiger partial charge in [-0.1, -0.05) is 30.9 Å². The maximum atomic E-state index is 13.9. The highest BCUT2D eigenvalue weighted by Crippen LogP contribution is 2.35. The molecule has 4 aromatic rings. The maximum absolute atomic E-state index is 13.9. The van der Waals surface area contributed by atoms with Gasteiger partial charge in [0.05, 0.1) is 17.8 Å². The number of aromatic amines is 1. The van der Waals surface area contributed by atoms with E-state index in [9.17, 15) is 8.96 Å². The highest BCUT2D eigenvalue weighted by molar-refractivity contribution is 7.46. The van der Waals surface area contributed by atoms with E-state index in [4.69, 9.17) is 14.5 Å². The molecule has 2 heterocycles. The normalized spacial score (nSPS) is 12.1. The molecule has 0 radical (unpaired) electrons. The first kappa shape index (κ1) is 29.9. The highest BCUT2D eigenvalue weighted by Gasteiger charge is 2.14. The third-order valence-electron chi connectivity index (χ3n) is 5.87. The van der Waals surface area contributed by atoms with Gasteiger partial charge in [-0.05, 0) is 43.8 Å². The van der Waals surface area contributed by atoms with Gasteiger partial charge in [0.15, 0.2) is 6.23 Å². The molecule has 4 rings (SSSR count). The van der Waals surface area contributed by atoms with Crippen molar-refractivity contribution < 1.29 is 28.0 Å². The van der Waals surface area contributed by atoms with E-state index >= 15 is 0 Å². The minimum atomic E-state index is -4.46. The van der Waals surface area contributed by atoms with Crippen LogP contribution in [0.3, 0.4) is 0 Å². The number of hydrogen-bond acceptors (Lipinski definition) is 9. The molecule has 0 amide bonds. The summed E-state index contributed by atoms with van der Waals surface area (Å²) in [4.78, 5) is 28.3. The molecule has 0 fully saturated rings. The molecule has 0 bridgehead atoms. The lowest BCUT2D eigenvalue weighted by Gasteiger charge is -2.18. The number of H-pyrrole nitrogens is 1. The summed E-state index contributed by atoms with van der Waals surface area (Å²) in [7, 11) is -4.46. The Hall–Kier alpha value is -4.05. The molecule has 0 aliphatic rings. The van der Waals surface area contributed by atoms with E-state index in [0.29, 0.717) is 54.8 Å². The van der Waals surface area contributed by atoms with E-state index in [2.05, 4.69) is 47.2 Å². The van der Waals surface area contributed by atoms with Crippen molar-refractivity contribution in [2.75, 3.05) is 36.9 Å². The lowest BCUT2D eigenvalue weighted by atomic mass is 10.1. The Labute approximate surface area is 236 Å². The summed E-state index contributed by atoms with van der Waals surface area (Å²) < 4.78 is 35.0. The zero-order chi connectivity index (χ0) is 29.2. The number of phosphoric ester groups is 1. The molecule has 5 N–H and O–H groups in total. The Bertz CT molecular complexity index is 1570. The molecular formula is C27H31FN7O5P. The van der Waals surface area contributed by atoms with Crippen LogP contribution < -0.4 is 15.4 Å². The fraction of sp³-hybridized carbons (Fsp3) is 0.296. The van der Waals surface area contributed by atoms with Gasteiger partial charge in [0.2, 0.25) is 5.88 Å². The van der Waals surface area contributed by atoms with Crippen LogP contribution in [-0.2, 0) is 9.09 Å². The highest BCUT2D eigenvalue weighted by atomic mass is 31.2. The van der Waals surface area contributed by atoms with Gasteiger partial charge >= 0.3 is 7.82 Å². The summed E-state index contributed by atoms with van der Waals surface area (Å²) in [6.45, 7) is 5.42. The maximum Gasteiger partial charge on any atom is 0.469 e. The summed E-state index contributed by atoms with van der Waals surface area (Å²) >= 11 is 0. The standard InChI is InChI=1S/C27H31FN7O5P/c1-3-35(14-15-39-41(36,37)38)13-7-6-8-20-11-12-21-24(16-20)29-18-30-27(21)32-25-17-26(34-33-25)40-19(2)31-23-10-5-4-9-22(23)28/h4-5,9-12,16-19,31H,3,7,13-15H2,1-2H3,(H2,36,37,38)(H2,29,30,32,33,34). The van der Waals surface area contributed by atoms with Gasteiger partial charge in [0.1, 0.15) is 23.8 Å². The number of rotatable bonds is 13. The molecule has 12 nitrogen and oxygen atoms in total. The van der Waals surface area contributed by atoms with E-state index in [1.165, 1.54) is 12.4 Å². The first-order valence-electron chi connectivity index (χ1n) is 12.9. The van der Waals surface area contributed by atoms with Gasteiger partial charge in [-0.25, -0.2) is 18.9 Å². The smallest absolute Gasteiger partial charge is 0.453 e. The molecule has 41 heavy (non-hydrogen) atoms. The van der Waals surface area contributed by atoms with E-state index < -0.39 is 14.1 Å². The van der Waals surface area contributed by atoms with Crippen molar-refractivity contribution in [1.82, 2.24) is 25.1 Å². The first-order valence-corrected chi connectivity index (χ1v) is 14.4. The number of aromatic nitrogens is 4.